The molecule has 7 heteroatoms. The molecule has 16 heavy (non-hydrogen) atoms. The number of hydrogen-bond acceptors (Lipinski definition) is 5. The van der Waals surface area contributed by atoms with Crippen LogP contribution in [0.1, 0.15) is 0 Å². The van der Waals surface area contributed by atoms with Gasteiger partial charge in [-0.1, -0.05) is 0 Å². The van der Waals surface area contributed by atoms with E-state index in [4.69, 9.17) is 10.8 Å². The number of aromatic hydroxyl groups is 1. The van der Waals surface area contributed by atoms with Crippen molar-refractivity contribution in [1.29, 1.82) is 0 Å². The molecule has 0 amide bonds. The second-order valence-electron chi connectivity index (χ2n) is 3.06. The smallest absolute Gasteiger partial charge is 0.293 e. The fourth-order valence-electron chi connectivity index (χ4n) is 1.09. The lowest BCUT2D eigenvalue weighted by Crippen LogP contribution is -1.96. The molecule has 1 aromatic heterocycles. The Bertz CT molecular complexity index is 566. The lowest BCUT2D eigenvalue weighted by atomic mass is 10.3. The van der Waals surface area contributed by atoms with E-state index >= 15 is 0 Å². The Morgan fingerprint density at radius 3 is 2.38 bits per heavy atom. The topological polar surface area (TPSA) is 120 Å². The van der Waals surface area contributed by atoms with E-state index in [1.165, 1.54) is 12.1 Å². The number of hydrogen-bond donors (Lipinski definition) is 4. The highest BCUT2D eigenvalue weighted by Gasteiger charge is 2.04. The van der Waals surface area contributed by atoms with Crippen molar-refractivity contribution in [2.24, 2.45) is 10.2 Å². The molecular weight excluding hydrogens is 210 g/mol. The quantitative estimate of drug-likeness (QED) is 0.571. The van der Waals surface area contributed by atoms with Gasteiger partial charge < -0.3 is 10.8 Å². The minimum absolute atomic E-state index is 0.0353. The SMILES string of the molecule is Nc1[nH][nH]c(=O)c1N=Nc1ccc(O)cc1. The Labute approximate surface area is 89.6 Å². The summed E-state index contributed by atoms with van der Waals surface area (Å²) in [5, 5.41) is 21.3. The lowest BCUT2D eigenvalue weighted by Gasteiger charge is -1.92. The number of nitrogen functional groups attached to an aromatic ring is 1. The van der Waals surface area contributed by atoms with Crippen LogP contribution in [0.4, 0.5) is 17.2 Å². The molecule has 0 aliphatic rings. The summed E-state index contributed by atoms with van der Waals surface area (Å²) in [6, 6.07) is 6.07. The van der Waals surface area contributed by atoms with Crippen molar-refractivity contribution in [2.45, 2.75) is 0 Å². The number of nitrogens with zero attached hydrogens (tertiary/aromatic N) is 2. The van der Waals surface area contributed by atoms with Gasteiger partial charge in [-0.05, 0) is 24.3 Å². The van der Waals surface area contributed by atoms with Gasteiger partial charge in [0.2, 0.25) is 0 Å². The summed E-state index contributed by atoms with van der Waals surface area (Å²) < 4.78 is 0. The summed E-state index contributed by atoms with van der Waals surface area (Å²) in [6.45, 7) is 0. The number of anilines is 1. The van der Waals surface area contributed by atoms with E-state index in [9.17, 15) is 4.79 Å². The van der Waals surface area contributed by atoms with Crippen molar-refractivity contribution >= 4 is 17.2 Å². The predicted molar refractivity (Wildman–Crippen MR) is 58.1 cm³/mol. The van der Waals surface area contributed by atoms with E-state index in [-0.39, 0.29) is 17.3 Å². The van der Waals surface area contributed by atoms with Gasteiger partial charge in [0, 0.05) is 0 Å². The zero-order valence-corrected chi connectivity index (χ0v) is 8.14. The first-order chi connectivity index (χ1) is 7.66. The monoisotopic (exact) mass is 219 g/mol. The number of nitrogens with two attached hydrogens (primary N) is 1. The molecule has 7 nitrogen and oxygen atoms in total. The van der Waals surface area contributed by atoms with Gasteiger partial charge in [0.1, 0.15) is 11.6 Å². The number of benzene rings is 1. The minimum Gasteiger partial charge on any atom is -0.508 e. The van der Waals surface area contributed by atoms with E-state index in [1.807, 2.05) is 0 Å². The van der Waals surface area contributed by atoms with Crippen LogP contribution in [0, 0.1) is 0 Å². The fourth-order valence-corrected chi connectivity index (χ4v) is 1.09. The van der Waals surface area contributed by atoms with Gasteiger partial charge in [-0.15, -0.1) is 5.11 Å². The number of rotatable bonds is 2. The standard InChI is InChI=1S/C9H9N5O2/c10-8-7(9(16)14-13-8)12-11-5-1-3-6(15)4-2-5/h1-4,15H,(H4,10,13,14,16). The zero-order chi connectivity index (χ0) is 11.5. The van der Waals surface area contributed by atoms with Crippen LogP contribution in [-0.2, 0) is 0 Å². The second kappa shape index (κ2) is 3.89. The summed E-state index contributed by atoms with van der Waals surface area (Å²) in [5.74, 6) is 0.269. The average molecular weight is 219 g/mol. The normalized spacial score (nSPS) is 11.0. The molecule has 2 aromatic rings. The van der Waals surface area contributed by atoms with Crippen LogP contribution in [0.2, 0.25) is 0 Å². The number of aromatic nitrogens is 2. The second-order valence-corrected chi connectivity index (χ2v) is 3.06. The van der Waals surface area contributed by atoms with Crippen molar-refractivity contribution in [3.63, 3.8) is 0 Å². The summed E-state index contributed by atoms with van der Waals surface area (Å²) in [6.07, 6.45) is 0. The highest BCUT2D eigenvalue weighted by Crippen LogP contribution is 2.20. The first-order valence-electron chi connectivity index (χ1n) is 4.43. The number of phenols is 1. The van der Waals surface area contributed by atoms with Gasteiger partial charge in [-0.2, -0.15) is 5.11 Å². The molecule has 0 saturated heterocycles. The molecule has 0 saturated carbocycles. The molecule has 0 bridgehead atoms. The van der Waals surface area contributed by atoms with Crippen molar-refractivity contribution in [3.8, 4) is 5.75 Å². The molecule has 0 aliphatic carbocycles. The average Bonchev–Trinajstić information content (AvgIpc) is 2.59. The van der Waals surface area contributed by atoms with Crippen LogP contribution in [0.15, 0.2) is 39.3 Å². The fraction of sp³-hybridized carbons (Fsp3) is 0. The summed E-state index contributed by atoms with van der Waals surface area (Å²) in [5.41, 5.74) is 5.57. The van der Waals surface area contributed by atoms with Gasteiger partial charge in [-0.3, -0.25) is 15.0 Å². The first kappa shape index (κ1) is 9.97. The van der Waals surface area contributed by atoms with Gasteiger partial charge in [-0.25, -0.2) is 0 Å². The molecule has 0 aliphatic heterocycles. The van der Waals surface area contributed by atoms with Gasteiger partial charge >= 0.3 is 0 Å². The van der Waals surface area contributed by atoms with Gasteiger partial charge in [0.05, 0.1) is 5.69 Å². The molecular formula is C9H9N5O2. The van der Waals surface area contributed by atoms with Crippen molar-refractivity contribution in [1.82, 2.24) is 10.2 Å². The first-order valence-corrected chi connectivity index (χ1v) is 4.43. The maximum Gasteiger partial charge on any atom is 0.293 e. The Kier molecular flexibility index (Phi) is 2.42. The van der Waals surface area contributed by atoms with Crippen LogP contribution >= 0.6 is 0 Å². The predicted octanol–water partition coefficient (Wildman–Crippen LogP) is 1.41. The Balaban J connectivity index is 2.28. The Morgan fingerprint density at radius 2 is 1.81 bits per heavy atom. The summed E-state index contributed by atoms with van der Waals surface area (Å²) >= 11 is 0. The summed E-state index contributed by atoms with van der Waals surface area (Å²) in [4.78, 5) is 11.2. The molecule has 0 radical (unpaired) electrons. The zero-order valence-electron chi connectivity index (χ0n) is 8.14. The van der Waals surface area contributed by atoms with Crippen molar-refractivity contribution in [2.75, 3.05) is 5.73 Å². The summed E-state index contributed by atoms with van der Waals surface area (Å²) in [7, 11) is 0. The number of azo groups is 1. The van der Waals surface area contributed by atoms with E-state index in [1.54, 1.807) is 12.1 Å². The van der Waals surface area contributed by atoms with Crippen molar-refractivity contribution < 1.29 is 5.11 Å². The van der Waals surface area contributed by atoms with Crippen LogP contribution in [-0.4, -0.2) is 15.3 Å². The number of aromatic amines is 2. The molecule has 2 rings (SSSR count). The Hall–Kier alpha value is -2.57. The van der Waals surface area contributed by atoms with E-state index in [0.717, 1.165) is 0 Å². The van der Waals surface area contributed by atoms with Crippen LogP contribution < -0.4 is 11.3 Å². The van der Waals surface area contributed by atoms with Crippen LogP contribution in [0.3, 0.4) is 0 Å². The molecule has 1 heterocycles. The Morgan fingerprint density at radius 1 is 1.12 bits per heavy atom. The van der Waals surface area contributed by atoms with E-state index in [0.29, 0.717) is 5.69 Å². The largest absolute Gasteiger partial charge is 0.508 e. The highest BCUT2D eigenvalue weighted by atomic mass is 16.3. The molecule has 5 N–H and O–H groups in total. The maximum absolute atomic E-state index is 11.2. The molecule has 0 fully saturated rings. The molecule has 0 spiro atoms. The number of H-pyrrole nitrogens is 2. The molecule has 0 atom stereocenters. The third-order valence-corrected chi connectivity index (χ3v) is 1.90. The molecule has 0 unspecified atom stereocenters. The van der Waals surface area contributed by atoms with E-state index < -0.39 is 5.56 Å². The van der Waals surface area contributed by atoms with Crippen LogP contribution in [0.25, 0.3) is 0 Å². The maximum atomic E-state index is 11.2. The van der Waals surface area contributed by atoms with Gasteiger partial charge in [0.25, 0.3) is 5.56 Å². The van der Waals surface area contributed by atoms with Gasteiger partial charge in [0.15, 0.2) is 5.69 Å². The lowest BCUT2D eigenvalue weighted by molar-refractivity contribution is 0.475. The number of nitrogens with one attached hydrogen (secondary N) is 2. The van der Waals surface area contributed by atoms with E-state index in [2.05, 4.69) is 20.4 Å². The number of phenolic OH excluding ortho intramolecular Hbond substituents is 1. The minimum atomic E-state index is -0.431. The third kappa shape index (κ3) is 1.92. The molecule has 1 aromatic carbocycles. The molecule has 82 valence electrons. The third-order valence-electron chi connectivity index (χ3n) is 1.90. The van der Waals surface area contributed by atoms with Crippen molar-refractivity contribution in [3.05, 3.63) is 34.6 Å². The van der Waals surface area contributed by atoms with Crippen LogP contribution in [0.5, 0.6) is 5.75 Å². The highest BCUT2D eigenvalue weighted by molar-refractivity contribution is 5.55.